The molecule has 3 heteroatoms. The van der Waals surface area contributed by atoms with Crippen LogP contribution in [-0.2, 0) is 14.9 Å². The SMILES string of the molecule is COC(=O)CC(C)Nc1ccc(C(C)(C)C)cc1. The Labute approximate surface area is 110 Å². The summed E-state index contributed by atoms with van der Waals surface area (Å²) in [6, 6.07) is 8.40. The zero-order valence-electron chi connectivity index (χ0n) is 11.9. The highest BCUT2D eigenvalue weighted by Crippen LogP contribution is 2.23. The third-order valence-electron chi connectivity index (χ3n) is 2.86. The van der Waals surface area contributed by atoms with Crippen molar-refractivity contribution in [3.63, 3.8) is 0 Å². The molecule has 0 saturated heterocycles. The van der Waals surface area contributed by atoms with E-state index in [1.807, 2.05) is 19.1 Å². The molecule has 0 spiro atoms. The van der Waals surface area contributed by atoms with E-state index < -0.39 is 0 Å². The first kappa shape index (κ1) is 14.6. The van der Waals surface area contributed by atoms with Gasteiger partial charge in [0.25, 0.3) is 0 Å². The Kier molecular flexibility index (Phi) is 4.76. The van der Waals surface area contributed by atoms with Crippen LogP contribution in [0, 0.1) is 0 Å². The van der Waals surface area contributed by atoms with Crippen molar-refractivity contribution >= 4 is 11.7 Å². The number of anilines is 1. The zero-order chi connectivity index (χ0) is 13.8. The Morgan fingerprint density at radius 1 is 1.28 bits per heavy atom. The van der Waals surface area contributed by atoms with Gasteiger partial charge in [0.15, 0.2) is 0 Å². The minimum atomic E-state index is -0.193. The van der Waals surface area contributed by atoms with E-state index >= 15 is 0 Å². The van der Waals surface area contributed by atoms with Gasteiger partial charge in [-0.2, -0.15) is 0 Å². The van der Waals surface area contributed by atoms with E-state index in [1.165, 1.54) is 12.7 Å². The Bertz CT molecular complexity index is 390. The van der Waals surface area contributed by atoms with E-state index in [0.29, 0.717) is 6.42 Å². The molecular formula is C15H23NO2. The van der Waals surface area contributed by atoms with Crippen LogP contribution < -0.4 is 5.32 Å². The van der Waals surface area contributed by atoms with Crippen LogP contribution in [0.15, 0.2) is 24.3 Å². The Balaban J connectivity index is 2.61. The summed E-state index contributed by atoms with van der Waals surface area (Å²) in [7, 11) is 1.41. The molecule has 1 atom stereocenters. The van der Waals surface area contributed by atoms with Crippen molar-refractivity contribution in [2.45, 2.75) is 45.6 Å². The topological polar surface area (TPSA) is 38.3 Å². The van der Waals surface area contributed by atoms with Crippen molar-refractivity contribution in [3.05, 3.63) is 29.8 Å². The van der Waals surface area contributed by atoms with E-state index in [9.17, 15) is 4.79 Å². The predicted molar refractivity (Wildman–Crippen MR) is 74.9 cm³/mol. The quantitative estimate of drug-likeness (QED) is 0.832. The first-order chi connectivity index (χ1) is 8.32. The van der Waals surface area contributed by atoms with Gasteiger partial charge in [-0.1, -0.05) is 32.9 Å². The van der Waals surface area contributed by atoms with Crippen molar-refractivity contribution in [1.82, 2.24) is 0 Å². The van der Waals surface area contributed by atoms with Gasteiger partial charge < -0.3 is 10.1 Å². The monoisotopic (exact) mass is 249 g/mol. The number of esters is 1. The van der Waals surface area contributed by atoms with Crippen LogP contribution in [0.3, 0.4) is 0 Å². The summed E-state index contributed by atoms with van der Waals surface area (Å²) in [5.74, 6) is -0.193. The molecule has 0 heterocycles. The van der Waals surface area contributed by atoms with Gasteiger partial charge in [0, 0.05) is 11.7 Å². The first-order valence-corrected chi connectivity index (χ1v) is 6.27. The number of rotatable bonds is 4. The number of benzene rings is 1. The average molecular weight is 249 g/mol. The van der Waals surface area contributed by atoms with Gasteiger partial charge in [-0.3, -0.25) is 4.79 Å². The lowest BCUT2D eigenvalue weighted by Crippen LogP contribution is -2.20. The molecule has 1 aromatic carbocycles. The molecule has 1 N–H and O–H groups in total. The highest BCUT2D eigenvalue weighted by Gasteiger charge is 2.13. The second-order valence-electron chi connectivity index (χ2n) is 5.65. The largest absolute Gasteiger partial charge is 0.469 e. The van der Waals surface area contributed by atoms with Crippen molar-refractivity contribution in [1.29, 1.82) is 0 Å². The summed E-state index contributed by atoms with van der Waals surface area (Å²) in [4.78, 5) is 11.1. The Hall–Kier alpha value is -1.51. The van der Waals surface area contributed by atoms with Crippen LogP contribution in [-0.4, -0.2) is 19.1 Å². The Morgan fingerprint density at radius 3 is 2.28 bits per heavy atom. The second-order valence-corrected chi connectivity index (χ2v) is 5.65. The molecule has 0 radical (unpaired) electrons. The summed E-state index contributed by atoms with van der Waals surface area (Å²) in [5.41, 5.74) is 2.49. The highest BCUT2D eigenvalue weighted by molar-refractivity contribution is 5.70. The van der Waals surface area contributed by atoms with Crippen LogP contribution in [0.5, 0.6) is 0 Å². The molecule has 3 nitrogen and oxygen atoms in total. The van der Waals surface area contributed by atoms with Crippen molar-refractivity contribution < 1.29 is 9.53 Å². The fourth-order valence-electron chi connectivity index (χ4n) is 1.74. The lowest BCUT2D eigenvalue weighted by Gasteiger charge is -2.20. The normalized spacial score (nSPS) is 12.9. The maximum atomic E-state index is 11.1. The number of carbonyl (C=O) groups excluding carboxylic acids is 1. The molecule has 18 heavy (non-hydrogen) atoms. The van der Waals surface area contributed by atoms with Gasteiger partial charge >= 0.3 is 5.97 Å². The molecule has 0 saturated carbocycles. The molecule has 0 amide bonds. The number of carbonyl (C=O) groups is 1. The van der Waals surface area contributed by atoms with E-state index in [-0.39, 0.29) is 17.4 Å². The van der Waals surface area contributed by atoms with E-state index in [1.54, 1.807) is 0 Å². The standard InChI is InChI=1S/C15H23NO2/c1-11(10-14(17)18-5)16-13-8-6-12(7-9-13)15(2,3)4/h6-9,11,16H,10H2,1-5H3. The summed E-state index contributed by atoms with van der Waals surface area (Å²) < 4.78 is 4.64. The maximum absolute atomic E-state index is 11.1. The van der Waals surface area contributed by atoms with E-state index in [2.05, 4.69) is 43.0 Å². The van der Waals surface area contributed by atoms with Crippen LogP contribution >= 0.6 is 0 Å². The molecule has 0 aromatic heterocycles. The molecule has 1 rings (SSSR count). The number of ether oxygens (including phenoxy) is 1. The van der Waals surface area contributed by atoms with Gasteiger partial charge in [-0.15, -0.1) is 0 Å². The molecule has 0 aliphatic carbocycles. The van der Waals surface area contributed by atoms with Gasteiger partial charge in [0.2, 0.25) is 0 Å². The van der Waals surface area contributed by atoms with Crippen LogP contribution in [0.4, 0.5) is 5.69 Å². The Morgan fingerprint density at radius 2 is 1.83 bits per heavy atom. The zero-order valence-corrected chi connectivity index (χ0v) is 11.9. The highest BCUT2D eigenvalue weighted by atomic mass is 16.5. The third kappa shape index (κ3) is 4.40. The number of hydrogen-bond donors (Lipinski definition) is 1. The minimum Gasteiger partial charge on any atom is -0.469 e. The summed E-state index contributed by atoms with van der Waals surface area (Å²) >= 11 is 0. The number of nitrogens with one attached hydrogen (secondary N) is 1. The van der Waals surface area contributed by atoms with Gasteiger partial charge in [0.1, 0.15) is 0 Å². The molecule has 1 aromatic rings. The minimum absolute atomic E-state index is 0.0675. The van der Waals surface area contributed by atoms with Gasteiger partial charge in [-0.25, -0.2) is 0 Å². The fraction of sp³-hybridized carbons (Fsp3) is 0.533. The average Bonchev–Trinajstić information content (AvgIpc) is 2.28. The molecule has 100 valence electrons. The lowest BCUT2D eigenvalue weighted by molar-refractivity contribution is -0.140. The maximum Gasteiger partial charge on any atom is 0.307 e. The van der Waals surface area contributed by atoms with Crippen LogP contribution in [0.25, 0.3) is 0 Å². The van der Waals surface area contributed by atoms with Crippen molar-refractivity contribution in [2.24, 2.45) is 0 Å². The molecule has 1 unspecified atom stereocenters. The van der Waals surface area contributed by atoms with E-state index in [0.717, 1.165) is 5.69 Å². The second kappa shape index (κ2) is 5.89. The molecule has 0 bridgehead atoms. The smallest absolute Gasteiger partial charge is 0.307 e. The fourth-order valence-corrected chi connectivity index (χ4v) is 1.74. The van der Waals surface area contributed by atoms with Crippen LogP contribution in [0.1, 0.15) is 39.7 Å². The summed E-state index contributed by atoms with van der Waals surface area (Å²) in [6.45, 7) is 8.54. The molecule has 0 fully saturated rings. The van der Waals surface area contributed by atoms with E-state index in [4.69, 9.17) is 0 Å². The van der Waals surface area contributed by atoms with Gasteiger partial charge in [-0.05, 0) is 30.0 Å². The summed E-state index contributed by atoms with van der Waals surface area (Å²) in [5, 5.41) is 3.28. The lowest BCUT2D eigenvalue weighted by atomic mass is 9.87. The van der Waals surface area contributed by atoms with Gasteiger partial charge in [0.05, 0.1) is 13.5 Å². The predicted octanol–water partition coefficient (Wildman–Crippen LogP) is 3.35. The number of methoxy groups -OCH3 is 1. The van der Waals surface area contributed by atoms with Crippen molar-refractivity contribution in [2.75, 3.05) is 12.4 Å². The molecule has 0 aliphatic rings. The molecule has 0 aliphatic heterocycles. The first-order valence-electron chi connectivity index (χ1n) is 6.27. The molecular weight excluding hydrogens is 226 g/mol. The number of hydrogen-bond acceptors (Lipinski definition) is 3. The van der Waals surface area contributed by atoms with Crippen LogP contribution in [0.2, 0.25) is 0 Å². The third-order valence-corrected chi connectivity index (χ3v) is 2.86. The van der Waals surface area contributed by atoms with Crippen molar-refractivity contribution in [3.8, 4) is 0 Å². The summed E-state index contributed by atoms with van der Waals surface area (Å²) in [6.07, 6.45) is 0.373.